The highest BCUT2D eigenvalue weighted by molar-refractivity contribution is 6.30. The Kier molecular flexibility index (Phi) is 5.12. The Morgan fingerprint density at radius 3 is 3.08 bits per heavy atom. The minimum Gasteiger partial charge on any atom is -0.376 e. The van der Waals surface area contributed by atoms with E-state index in [0.717, 1.165) is 19.4 Å². The van der Waals surface area contributed by atoms with E-state index < -0.39 is 11.6 Å². The van der Waals surface area contributed by atoms with Crippen LogP contribution in [0.15, 0.2) is 41.5 Å². The summed E-state index contributed by atoms with van der Waals surface area (Å²) < 4.78 is 6.80. The number of hydrogen-bond acceptors (Lipinski definition) is 4. The molecule has 8 heteroatoms. The zero-order valence-corrected chi connectivity index (χ0v) is 13.6. The van der Waals surface area contributed by atoms with Crippen molar-refractivity contribution >= 4 is 23.4 Å². The molecular formula is C16H17ClN4O3. The first kappa shape index (κ1) is 16.5. The number of ether oxygens (including phenoxy) is 1. The smallest absolute Gasteiger partial charge is 0.320 e. The third-order valence-corrected chi connectivity index (χ3v) is 3.91. The number of rotatable bonds is 4. The van der Waals surface area contributed by atoms with E-state index in [1.165, 1.54) is 17.0 Å². The maximum absolute atomic E-state index is 12.5. The number of nitrogens with zero attached hydrogens (tertiary/aromatic N) is 2. The molecular weight excluding hydrogens is 332 g/mol. The maximum Gasteiger partial charge on any atom is 0.320 e. The number of nitrogens with one attached hydrogen (secondary N) is 2. The van der Waals surface area contributed by atoms with Gasteiger partial charge in [0, 0.05) is 30.6 Å². The Morgan fingerprint density at radius 1 is 1.46 bits per heavy atom. The lowest BCUT2D eigenvalue weighted by atomic mass is 10.2. The summed E-state index contributed by atoms with van der Waals surface area (Å²) in [5.41, 5.74) is 0.157. The number of carbonyl (C=O) groups excluding carboxylic acids is 1. The number of benzene rings is 1. The Bertz CT molecular complexity index is 787. The van der Waals surface area contributed by atoms with Crippen LogP contribution >= 0.6 is 11.6 Å². The molecule has 3 rings (SSSR count). The molecule has 0 aliphatic carbocycles. The lowest BCUT2D eigenvalue weighted by molar-refractivity contribution is 0.112. The van der Waals surface area contributed by atoms with Crippen molar-refractivity contribution < 1.29 is 9.53 Å². The molecule has 2 amide bonds. The van der Waals surface area contributed by atoms with Gasteiger partial charge in [-0.1, -0.05) is 17.7 Å². The first-order chi connectivity index (χ1) is 11.6. The van der Waals surface area contributed by atoms with Crippen LogP contribution in [0.1, 0.15) is 12.8 Å². The number of anilines is 1. The molecule has 0 spiro atoms. The summed E-state index contributed by atoms with van der Waals surface area (Å²) >= 11 is 5.95. The van der Waals surface area contributed by atoms with Gasteiger partial charge in [0.2, 0.25) is 5.82 Å². The van der Waals surface area contributed by atoms with Crippen molar-refractivity contribution in [1.82, 2.24) is 14.9 Å². The Labute approximate surface area is 143 Å². The molecule has 0 bridgehead atoms. The van der Waals surface area contributed by atoms with E-state index in [1.807, 2.05) is 0 Å². The molecule has 7 nitrogen and oxygen atoms in total. The van der Waals surface area contributed by atoms with Crippen molar-refractivity contribution in [2.75, 3.05) is 18.5 Å². The van der Waals surface area contributed by atoms with E-state index in [0.29, 0.717) is 17.3 Å². The fraction of sp³-hybridized carbons (Fsp3) is 0.312. The Balaban J connectivity index is 1.71. The number of halogens is 1. The average molecular weight is 349 g/mol. The van der Waals surface area contributed by atoms with E-state index in [9.17, 15) is 9.59 Å². The quantitative estimate of drug-likeness (QED) is 0.886. The van der Waals surface area contributed by atoms with Crippen molar-refractivity contribution in [3.8, 4) is 5.69 Å². The molecule has 126 valence electrons. The molecule has 1 atom stereocenters. The van der Waals surface area contributed by atoms with E-state index in [-0.39, 0.29) is 11.9 Å². The van der Waals surface area contributed by atoms with Crippen molar-refractivity contribution in [2.24, 2.45) is 0 Å². The van der Waals surface area contributed by atoms with Gasteiger partial charge in [-0.2, -0.15) is 0 Å². The average Bonchev–Trinajstić information content (AvgIpc) is 3.08. The predicted molar refractivity (Wildman–Crippen MR) is 90.8 cm³/mol. The number of aromatic nitrogens is 2. The van der Waals surface area contributed by atoms with Gasteiger partial charge in [0.25, 0.3) is 5.56 Å². The van der Waals surface area contributed by atoms with E-state index in [4.69, 9.17) is 16.3 Å². The van der Waals surface area contributed by atoms with Crippen LogP contribution in [0.2, 0.25) is 5.02 Å². The summed E-state index contributed by atoms with van der Waals surface area (Å²) in [5, 5.41) is 5.67. The van der Waals surface area contributed by atoms with Crippen LogP contribution in [-0.2, 0) is 4.74 Å². The van der Waals surface area contributed by atoms with Crippen molar-refractivity contribution in [3.63, 3.8) is 0 Å². The molecule has 24 heavy (non-hydrogen) atoms. The zero-order chi connectivity index (χ0) is 16.9. The van der Waals surface area contributed by atoms with Crippen molar-refractivity contribution in [2.45, 2.75) is 18.9 Å². The maximum atomic E-state index is 12.5. The monoisotopic (exact) mass is 348 g/mol. The van der Waals surface area contributed by atoms with Gasteiger partial charge < -0.3 is 10.1 Å². The molecule has 2 aromatic rings. The molecule has 1 aliphatic heterocycles. The van der Waals surface area contributed by atoms with Gasteiger partial charge in [-0.05, 0) is 31.0 Å². The molecule has 1 aliphatic rings. The summed E-state index contributed by atoms with van der Waals surface area (Å²) in [4.78, 5) is 28.3. The first-order valence-electron chi connectivity index (χ1n) is 7.63. The summed E-state index contributed by atoms with van der Waals surface area (Å²) in [6.45, 7) is 1.12. The summed E-state index contributed by atoms with van der Waals surface area (Å²) in [5.74, 6) is -0.0534. The molecule has 0 unspecified atom stereocenters. The minimum absolute atomic E-state index is 0.0302. The number of urea groups is 1. The molecule has 1 saturated heterocycles. The number of amides is 2. The summed E-state index contributed by atoms with van der Waals surface area (Å²) in [6, 6.07) is 6.37. The van der Waals surface area contributed by atoms with Crippen LogP contribution in [0.5, 0.6) is 0 Å². The molecule has 1 aromatic heterocycles. The summed E-state index contributed by atoms with van der Waals surface area (Å²) in [7, 11) is 0. The van der Waals surface area contributed by atoms with Crippen LogP contribution in [0.25, 0.3) is 5.69 Å². The SMILES string of the molecule is O=C(NC[C@H]1CCCO1)Nc1nccn(-c2cccc(Cl)c2)c1=O. The van der Waals surface area contributed by atoms with Crippen LogP contribution in [0, 0.1) is 0 Å². The molecule has 1 aromatic carbocycles. The van der Waals surface area contributed by atoms with Crippen LogP contribution in [0.3, 0.4) is 0 Å². The van der Waals surface area contributed by atoms with Gasteiger partial charge in [-0.3, -0.25) is 14.7 Å². The highest BCUT2D eigenvalue weighted by Gasteiger charge is 2.17. The van der Waals surface area contributed by atoms with Crippen LogP contribution < -0.4 is 16.2 Å². The third-order valence-electron chi connectivity index (χ3n) is 3.67. The highest BCUT2D eigenvalue weighted by atomic mass is 35.5. The number of carbonyl (C=O) groups is 1. The van der Waals surface area contributed by atoms with Gasteiger partial charge in [0.05, 0.1) is 11.8 Å². The molecule has 0 saturated carbocycles. The van der Waals surface area contributed by atoms with Gasteiger partial charge in [0.1, 0.15) is 0 Å². The number of hydrogen-bond donors (Lipinski definition) is 2. The second-order valence-corrected chi connectivity index (χ2v) is 5.84. The lowest BCUT2D eigenvalue weighted by Crippen LogP contribution is -2.37. The standard InChI is InChI=1S/C16H17ClN4O3/c17-11-3-1-4-12(9-11)21-7-6-18-14(15(21)22)20-16(23)19-10-13-5-2-8-24-13/h1,3-4,6-7,9,13H,2,5,8,10H2,(H2,18,19,20,23)/t13-/m1/s1. The molecule has 2 N–H and O–H groups in total. The van der Waals surface area contributed by atoms with Gasteiger partial charge in [0.15, 0.2) is 0 Å². The van der Waals surface area contributed by atoms with Crippen molar-refractivity contribution in [3.05, 3.63) is 52.0 Å². The highest BCUT2D eigenvalue weighted by Crippen LogP contribution is 2.13. The second kappa shape index (κ2) is 7.46. The van der Waals surface area contributed by atoms with Crippen LogP contribution in [0.4, 0.5) is 10.6 Å². The predicted octanol–water partition coefficient (Wildman–Crippen LogP) is 2.19. The molecule has 2 heterocycles. The third kappa shape index (κ3) is 3.93. The molecule has 0 radical (unpaired) electrons. The van der Waals surface area contributed by atoms with E-state index in [2.05, 4.69) is 15.6 Å². The largest absolute Gasteiger partial charge is 0.376 e. The molecule has 1 fully saturated rings. The lowest BCUT2D eigenvalue weighted by Gasteiger charge is -2.12. The summed E-state index contributed by atoms with van der Waals surface area (Å²) in [6.07, 6.45) is 4.91. The van der Waals surface area contributed by atoms with Crippen molar-refractivity contribution in [1.29, 1.82) is 0 Å². The first-order valence-corrected chi connectivity index (χ1v) is 8.01. The minimum atomic E-state index is -0.487. The van der Waals surface area contributed by atoms with Gasteiger partial charge in [-0.15, -0.1) is 0 Å². The normalized spacial score (nSPS) is 16.8. The topological polar surface area (TPSA) is 85.2 Å². The van der Waals surface area contributed by atoms with Gasteiger partial charge >= 0.3 is 6.03 Å². The fourth-order valence-corrected chi connectivity index (χ4v) is 2.67. The Hall–Kier alpha value is -2.38. The fourth-order valence-electron chi connectivity index (χ4n) is 2.49. The second-order valence-electron chi connectivity index (χ2n) is 5.40. The van der Waals surface area contributed by atoms with E-state index in [1.54, 1.807) is 24.3 Å². The Morgan fingerprint density at radius 2 is 2.33 bits per heavy atom. The van der Waals surface area contributed by atoms with E-state index >= 15 is 0 Å². The zero-order valence-electron chi connectivity index (χ0n) is 12.9. The van der Waals surface area contributed by atoms with Crippen LogP contribution in [-0.4, -0.2) is 34.8 Å². The van der Waals surface area contributed by atoms with Gasteiger partial charge in [-0.25, -0.2) is 9.78 Å².